The fourth-order valence-corrected chi connectivity index (χ4v) is 3.47. The molecule has 2 aliphatic rings. The van der Waals surface area contributed by atoms with Crippen LogP contribution < -0.4 is 5.32 Å². The maximum absolute atomic E-state index is 4.38. The van der Waals surface area contributed by atoms with Crippen molar-refractivity contribution in [3.05, 3.63) is 12.2 Å². The third-order valence-corrected chi connectivity index (χ3v) is 4.61. The molecule has 3 rings (SSSR count). The maximum Gasteiger partial charge on any atom is 0.140 e. The third-order valence-electron chi connectivity index (χ3n) is 4.61. The third kappa shape index (κ3) is 2.17. The lowest BCUT2D eigenvalue weighted by Gasteiger charge is -2.49. The predicted octanol–water partition coefficient (Wildman–Crippen LogP) is 0.923. The van der Waals surface area contributed by atoms with E-state index in [0.717, 1.165) is 32.0 Å². The lowest BCUT2D eigenvalue weighted by atomic mass is 9.79. The summed E-state index contributed by atoms with van der Waals surface area (Å²) in [5.74, 6) is 1.09. The molecule has 1 aliphatic carbocycles. The van der Waals surface area contributed by atoms with E-state index in [-0.39, 0.29) is 0 Å². The highest BCUT2D eigenvalue weighted by Gasteiger charge is 2.39. The second-order valence-corrected chi connectivity index (χ2v) is 5.68. The zero-order valence-electron chi connectivity index (χ0n) is 11.2. The van der Waals surface area contributed by atoms with Crippen LogP contribution in [0.4, 0.5) is 0 Å². The number of aromatic nitrogens is 3. The van der Waals surface area contributed by atoms with Gasteiger partial charge < -0.3 is 5.32 Å². The van der Waals surface area contributed by atoms with Crippen LogP contribution in [0.15, 0.2) is 6.33 Å². The van der Waals surface area contributed by atoms with E-state index in [1.54, 1.807) is 6.33 Å². The van der Waals surface area contributed by atoms with Crippen molar-refractivity contribution in [2.75, 3.05) is 19.6 Å². The molecule has 5 nitrogen and oxygen atoms in total. The van der Waals surface area contributed by atoms with Crippen molar-refractivity contribution in [3.63, 3.8) is 0 Å². The van der Waals surface area contributed by atoms with Crippen LogP contribution in [-0.2, 0) is 13.6 Å². The Kier molecular flexibility index (Phi) is 3.35. The first-order valence-electron chi connectivity index (χ1n) is 7.09. The van der Waals surface area contributed by atoms with Crippen molar-refractivity contribution in [1.82, 2.24) is 25.0 Å². The number of nitrogens with zero attached hydrogens (tertiary/aromatic N) is 4. The van der Waals surface area contributed by atoms with Gasteiger partial charge in [0.1, 0.15) is 12.2 Å². The molecule has 100 valence electrons. The Morgan fingerprint density at radius 2 is 2.17 bits per heavy atom. The Morgan fingerprint density at radius 1 is 1.33 bits per heavy atom. The average molecular weight is 249 g/mol. The van der Waals surface area contributed by atoms with Crippen LogP contribution in [0.1, 0.15) is 37.9 Å². The van der Waals surface area contributed by atoms with Crippen molar-refractivity contribution in [2.24, 2.45) is 7.05 Å². The van der Waals surface area contributed by atoms with Crippen LogP contribution >= 0.6 is 0 Å². The van der Waals surface area contributed by atoms with Crippen LogP contribution in [0, 0.1) is 0 Å². The second-order valence-electron chi connectivity index (χ2n) is 5.68. The summed E-state index contributed by atoms with van der Waals surface area (Å²) in [7, 11) is 1.98. The fourth-order valence-electron chi connectivity index (χ4n) is 3.47. The van der Waals surface area contributed by atoms with Crippen molar-refractivity contribution < 1.29 is 0 Å². The van der Waals surface area contributed by atoms with Gasteiger partial charge in [0, 0.05) is 32.2 Å². The summed E-state index contributed by atoms with van der Waals surface area (Å²) in [4.78, 5) is 7.02. The minimum Gasteiger partial charge on any atom is -0.314 e. The summed E-state index contributed by atoms with van der Waals surface area (Å²) in [6.07, 6.45) is 8.47. The molecule has 1 aromatic heterocycles. The minimum atomic E-state index is 0.377. The monoisotopic (exact) mass is 249 g/mol. The number of aryl methyl sites for hydroxylation is 1. The molecule has 0 atom stereocenters. The Hall–Kier alpha value is -0.940. The summed E-state index contributed by atoms with van der Waals surface area (Å²) in [6, 6.07) is 0. The first-order valence-corrected chi connectivity index (χ1v) is 7.09. The zero-order chi connectivity index (χ0) is 12.4. The molecule has 0 radical (unpaired) electrons. The number of hydrogen-bond donors (Lipinski definition) is 1. The van der Waals surface area contributed by atoms with E-state index in [0.29, 0.717) is 5.54 Å². The van der Waals surface area contributed by atoms with Crippen molar-refractivity contribution in [2.45, 2.75) is 44.2 Å². The van der Waals surface area contributed by atoms with Crippen molar-refractivity contribution in [1.29, 1.82) is 0 Å². The highest BCUT2D eigenvalue weighted by molar-refractivity contribution is 5.00. The van der Waals surface area contributed by atoms with E-state index in [1.165, 1.54) is 32.1 Å². The fraction of sp³-hybridized carbons (Fsp3) is 0.846. The summed E-state index contributed by atoms with van der Waals surface area (Å²) in [5, 5.41) is 7.76. The highest BCUT2D eigenvalue weighted by Crippen LogP contribution is 2.35. The van der Waals surface area contributed by atoms with Crippen LogP contribution in [0.2, 0.25) is 0 Å². The van der Waals surface area contributed by atoms with Crippen molar-refractivity contribution in [3.8, 4) is 0 Å². The molecule has 1 spiro atoms. The average Bonchev–Trinajstić information content (AvgIpc) is 2.79. The lowest BCUT2D eigenvalue weighted by Crippen LogP contribution is -2.61. The van der Waals surface area contributed by atoms with E-state index in [4.69, 9.17) is 0 Å². The van der Waals surface area contributed by atoms with Gasteiger partial charge in [-0.05, 0) is 12.8 Å². The Balaban J connectivity index is 1.77. The van der Waals surface area contributed by atoms with Gasteiger partial charge in [0.25, 0.3) is 0 Å². The molecule has 0 aromatic carbocycles. The van der Waals surface area contributed by atoms with Gasteiger partial charge in [0.05, 0.1) is 6.54 Å². The number of piperazine rings is 1. The van der Waals surface area contributed by atoms with E-state index in [2.05, 4.69) is 20.3 Å². The summed E-state index contributed by atoms with van der Waals surface area (Å²) in [6.45, 7) is 4.31. The summed E-state index contributed by atoms with van der Waals surface area (Å²) < 4.78 is 1.90. The molecule has 0 amide bonds. The first-order chi connectivity index (χ1) is 8.80. The quantitative estimate of drug-likeness (QED) is 0.847. The van der Waals surface area contributed by atoms with Gasteiger partial charge in [-0.25, -0.2) is 4.98 Å². The van der Waals surface area contributed by atoms with Gasteiger partial charge in [-0.2, -0.15) is 5.10 Å². The molecule has 2 heterocycles. The lowest BCUT2D eigenvalue weighted by molar-refractivity contribution is 0.0181. The van der Waals surface area contributed by atoms with E-state index < -0.39 is 0 Å². The van der Waals surface area contributed by atoms with E-state index >= 15 is 0 Å². The Bertz CT molecular complexity index is 386. The molecule has 0 unspecified atom stereocenters. The van der Waals surface area contributed by atoms with Gasteiger partial charge >= 0.3 is 0 Å². The van der Waals surface area contributed by atoms with Crippen LogP contribution in [0.5, 0.6) is 0 Å². The second kappa shape index (κ2) is 4.97. The minimum absolute atomic E-state index is 0.377. The Morgan fingerprint density at radius 3 is 2.89 bits per heavy atom. The molecule has 1 saturated carbocycles. The molecule has 1 aliphatic heterocycles. The molecule has 18 heavy (non-hydrogen) atoms. The molecular weight excluding hydrogens is 226 g/mol. The normalized spacial score (nSPS) is 24.5. The highest BCUT2D eigenvalue weighted by atomic mass is 15.4. The largest absolute Gasteiger partial charge is 0.314 e. The molecule has 1 N–H and O–H groups in total. The maximum atomic E-state index is 4.38. The molecule has 0 bridgehead atoms. The molecule has 1 aromatic rings. The zero-order valence-corrected chi connectivity index (χ0v) is 11.2. The van der Waals surface area contributed by atoms with Gasteiger partial charge in [0.2, 0.25) is 0 Å². The number of rotatable bonds is 2. The molecule has 2 fully saturated rings. The van der Waals surface area contributed by atoms with Crippen LogP contribution in [0.25, 0.3) is 0 Å². The summed E-state index contributed by atoms with van der Waals surface area (Å²) in [5.41, 5.74) is 0.377. The SMILES string of the molecule is Cn1ncnc1CN1CCNCC12CCCCC2. The van der Waals surface area contributed by atoms with E-state index in [9.17, 15) is 0 Å². The Labute approximate surface area is 109 Å². The molecule has 1 saturated heterocycles. The number of nitrogens with one attached hydrogen (secondary N) is 1. The van der Waals surface area contributed by atoms with Gasteiger partial charge in [0.15, 0.2) is 0 Å². The summed E-state index contributed by atoms with van der Waals surface area (Å²) >= 11 is 0. The predicted molar refractivity (Wildman–Crippen MR) is 70.1 cm³/mol. The molecular formula is C13H23N5. The van der Waals surface area contributed by atoms with Gasteiger partial charge in [-0.1, -0.05) is 19.3 Å². The van der Waals surface area contributed by atoms with Gasteiger partial charge in [-0.3, -0.25) is 9.58 Å². The smallest absolute Gasteiger partial charge is 0.140 e. The standard InChI is InChI=1S/C13H23N5/c1-17-12(15-11-16-17)9-18-8-7-14-10-13(18)5-3-2-4-6-13/h11,14H,2-10H2,1H3. The van der Waals surface area contributed by atoms with Crippen LogP contribution in [-0.4, -0.2) is 44.8 Å². The first kappa shape index (κ1) is 12.1. The van der Waals surface area contributed by atoms with Crippen LogP contribution in [0.3, 0.4) is 0 Å². The van der Waals surface area contributed by atoms with Crippen molar-refractivity contribution >= 4 is 0 Å². The topological polar surface area (TPSA) is 46.0 Å². The molecule has 5 heteroatoms. The van der Waals surface area contributed by atoms with E-state index in [1.807, 2.05) is 11.7 Å². The number of hydrogen-bond acceptors (Lipinski definition) is 4. The van der Waals surface area contributed by atoms with Gasteiger partial charge in [-0.15, -0.1) is 0 Å².